The van der Waals surface area contributed by atoms with Crippen molar-refractivity contribution in [1.82, 2.24) is 0 Å². The second kappa shape index (κ2) is 9.91. The third kappa shape index (κ3) is 7.03. The number of rotatable bonds is 10. The molecule has 0 amide bonds. The average molecular weight is 299 g/mol. The van der Waals surface area contributed by atoms with Crippen LogP contribution in [0.1, 0.15) is 31.7 Å². The van der Waals surface area contributed by atoms with Crippen molar-refractivity contribution in [2.24, 2.45) is 5.73 Å². The van der Waals surface area contributed by atoms with Gasteiger partial charge in [-0.3, -0.25) is 4.21 Å². The molecule has 3 N–H and O–H groups in total. The fourth-order valence-corrected chi connectivity index (χ4v) is 3.03. The van der Waals surface area contributed by atoms with Gasteiger partial charge >= 0.3 is 0 Å². The molecule has 0 fully saturated rings. The normalized spacial score (nSPS) is 13.9. The predicted molar refractivity (Wildman–Crippen MR) is 83.2 cm³/mol. The first-order valence-corrected chi connectivity index (χ1v) is 8.59. The Morgan fingerprint density at radius 3 is 2.90 bits per heavy atom. The molecule has 5 heteroatoms. The minimum Gasteiger partial charge on any atom is -0.491 e. The maximum Gasteiger partial charge on any atom is 0.119 e. The van der Waals surface area contributed by atoms with Crippen LogP contribution in [-0.2, 0) is 17.3 Å². The van der Waals surface area contributed by atoms with E-state index in [0.29, 0.717) is 18.0 Å². The SMILES string of the molecule is CCCCCS(=O)CC(O)COc1cccc(CN)c1. The van der Waals surface area contributed by atoms with E-state index in [9.17, 15) is 9.32 Å². The van der Waals surface area contributed by atoms with E-state index in [4.69, 9.17) is 10.5 Å². The summed E-state index contributed by atoms with van der Waals surface area (Å²) in [6, 6.07) is 7.47. The van der Waals surface area contributed by atoms with Gasteiger partial charge in [0.2, 0.25) is 0 Å². The van der Waals surface area contributed by atoms with Crippen molar-refractivity contribution < 1.29 is 14.1 Å². The summed E-state index contributed by atoms with van der Waals surface area (Å²) in [6.45, 7) is 2.73. The minimum absolute atomic E-state index is 0.160. The highest BCUT2D eigenvalue weighted by Gasteiger charge is 2.10. The van der Waals surface area contributed by atoms with E-state index >= 15 is 0 Å². The standard InChI is InChI=1S/C15H25NO3S/c1-2-3-4-8-20(18)12-14(17)11-19-15-7-5-6-13(9-15)10-16/h5-7,9,14,17H,2-4,8,10-12,16H2,1H3. The topological polar surface area (TPSA) is 72.5 Å². The van der Waals surface area contributed by atoms with Gasteiger partial charge in [0, 0.05) is 23.1 Å². The largest absolute Gasteiger partial charge is 0.491 e. The zero-order valence-electron chi connectivity index (χ0n) is 12.1. The Balaban J connectivity index is 2.28. The van der Waals surface area contributed by atoms with Gasteiger partial charge in [-0.2, -0.15) is 0 Å². The zero-order chi connectivity index (χ0) is 14.8. The number of hydrogen-bond donors (Lipinski definition) is 2. The van der Waals surface area contributed by atoms with Gasteiger partial charge in [0.15, 0.2) is 0 Å². The van der Waals surface area contributed by atoms with Crippen LogP contribution in [0.2, 0.25) is 0 Å². The van der Waals surface area contributed by atoms with Crippen LogP contribution in [0, 0.1) is 0 Å². The number of benzene rings is 1. The number of nitrogens with two attached hydrogens (primary N) is 1. The Labute approximate surface area is 123 Å². The Morgan fingerprint density at radius 2 is 2.20 bits per heavy atom. The summed E-state index contributed by atoms with van der Waals surface area (Å²) in [7, 11) is -0.965. The summed E-state index contributed by atoms with van der Waals surface area (Å²) >= 11 is 0. The van der Waals surface area contributed by atoms with Gasteiger partial charge in [-0.15, -0.1) is 0 Å². The molecule has 0 radical (unpaired) electrons. The van der Waals surface area contributed by atoms with Crippen LogP contribution in [0.4, 0.5) is 0 Å². The van der Waals surface area contributed by atoms with E-state index < -0.39 is 16.9 Å². The lowest BCUT2D eigenvalue weighted by atomic mass is 10.2. The van der Waals surface area contributed by atoms with Crippen LogP contribution in [0.25, 0.3) is 0 Å². The van der Waals surface area contributed by atoms with Crippen molar-refractivity contribution in [3.8, 4) is 5.75 Å². The molecule has 1 rings (SSSR count). The smallest absolute Gasteiger partial charge is 0.119 e. The molecule has 1 aromatic rings. The van der Waals surface area contributed by atoms with Crippen molar-refractivity contribution in [3.05, 3.63) is 29.8 Å². The van der Waals surface area contributed by atoms with Crippen LogP contribution >= 0.6 is 0 Å². The molecule has 4 nitrogen and oxygen atoms in total. The van der Waals surface area contributed by atoms with Crippen molar-refractivity contribution >= 4 is 10.8 Å². The van der Waals surface area contributed by atoms with Crippen molar-refractivity contribution in [2.45, 2.75) is 38.8 Å². The highest BCUT2D eigenvalue weighted by Crippen LogP contribution is 2.13. The van der Waals surface area contributed by atoms with Crippen LogP contribution in [0.5, 0.6) is 5.75 Å². The van der Waals surface area contributed by atoms with Gasteiger partial charge < -0.3 is 15.6 Å². The van der Waals surface area contributed by atoms with E-state index in [1.807, 2.05) is 24.3 Å². The highest BCUT2D eigenvalue weighted by molar-refractivity contribution is 7.85. The van der Waals surface area contributed by atoms with Crippen LogP contribution < -0.4 is 10.5 Å². The molecule has 2 atom stereocenters. The molecule has 0 heterocycles. The molecule has 114 valence electrons. The van der Waals surface area contributed by atoms with E-state index in [-0.39, 0.29) is 12.4 Å². The van der Waals surface area contributed by atoms with E-state index in [1.165, 1.54) is 0 Å². The van der Waals surface area contributed by atoms with Crippen molar-refractivity contribution in [2.75, 3.05) is 18.1 Å². The molecule has 0 saturated heterocycles. The zero-order valence-corrected chi connectivity index (χ0v) is 12.9. The van der Waals surface area contributed by atoms with Gasteiger partial charge in [0.1, 0.15) is 12.4 Å². The summed E-state index contributed by atoms with van der Waals surface area (Å²) in [4.78, 5) is 0. The first kappa shape index (κ1) is 17.1. The molecular formula is C15H25NO3S. The molecule has 0 aliphatic carbocycles. The number of ether oxygens (including phenoxy) is 1. The van der Waals surface area contributed by atoms with Crippen LogP contribution in [0.15, 0.2) is 24.3 Å². The number of aliphatic hydroxyl groups excluding tert-OH is 1. The molecule has 1 aromatic carbocycles. The number of unbranched alkanes of at least 4 members (excludes halogenated alkanes) is 2. The van der Waals surface area contributed by atoms with Crippen LogP contribution in [-0.4, -0.2) is 33.5 Å². The van der Waals surface area contributed by atoms with Gasteiger partial charge in [-0.05, 0) is 24.1 Å². The number of hydrogen-bond acceptors (Lipinski definition) is 4. The lowest BCUT2D eigenvalue weighted by Crippen LogP contribution is -2.25. The van der Waals surface area contributed by atoms with Gasteiger partial charge in [-0.1, -0.05) is 31.9 Å². The maximum atomic E-state index is 11.7. The maximum absolute atomic E-state index is 11.7. The minimum atomic E-state index is -0.965. The third-order valence-electron chi connectivity index (χ3n) is 2.93. The Morgan fingerprint density at radius 1 is 1.40 bits per heavy atom. The first-order chi connectivity index (χ1) is 9.65. The van der Waals surface area contributed by atoms with Crippen molar-refractivity contribution in [1.29, 1.82) is 0 Å². The highest BCUT2D eigenvalue weighted by atomic mass is 32.2. The molecule has 20 heavy (non-hydrogen) atoms. The Bertz CT molecular complexity index is 412. The van der Waals surface area contributed by atoms with Crippen LogP contribution in [0.3, 0.4) is 0 Å². The molecule has 0 aromatic heterocycles. The molecule has 0 bridgehead atoms. The molecule has 0 aliphatic rings. The summed E-state index contributed by atoms with van der Waals surface area (Å²) in [5.41, 5.74) is 6.54. The van der Waals surface area contributed by atoms with Crippen molar-refractivity contribution in [3.63, 3.8) is 0 Å². The summed E-state index contributed by atoms with van der Waals surface area (Å²) in [6.07, 6.45) is 2.46. The molecule has 2 unspecified atom stereocenters. The average Bonchev–Trinajstić information content (AvgIpc) is 2.45. The van der Waals surface area contributed by atoms with E-state index in [1.54, 1.807) is 0 Å². The molecular weight excluding hydrogens is 274 g/mol. The lowest BCUT2D eigenvalue weighted by Gasteiger charge is -2.12. The van der Waals surface area contributed by atoms with E-state index in [0.717, 1.165) is 24.8 Å². The first-order valence-electron chi connectivity index (χ1n) is 7.10. The third-order valence-corrected chi connectivity index (χ3v) is 4.43. The Hall–Kier alpha value is -0.910. The summed E-state index contributed by atoms with van der Waals surface area (Å²) in [5, 5.41) is 9.82. The second-order valence-corrected chi connectivity index (χ2v) is 6.46. The summed E-state index contributed by atoms with van der Waals surface area (Å²) in [5.74, 6) is 1.62. The molecule has 0 saturated carbocycles. The predicted octanol–water partition coefficient (Wildman–Crippen LogP) is 1.82. The second-order valence-electron chi connectivity index (χ2n) is 4.83. The lowest BCUT2D eigenvalue weighted by molar-refractivity contribution is 0.125. The Kier molecular flexibility index (Phi) is 8.49. The monoisotopic (exact) mass is 299 g/mol. The quantitative estimate of drug-likeness (QED) is 0.646. The van der Waals surface area contributed by atoms with E-state index in [2.05, 4.69) is 6.92 Å². The van der Waals surface area contributed by atoms with Gasteiger partial charge in [0.25, 0.3) is 0 Å². The molecule has 0 aliphatic heterocycles. The molecule has 0 spiro atoms. The van der Waals surface area contributed by atoms with Gasteiger partial charge in [0.05, 0.1) is 11.9 Å². The fourth-order valence-electron chi connectivity index (χ4n) is 1.81. The van der Waals surface area contributed by atoms with Gasteiger partial charge in [-0.25, -0.2) is 0 Å². The summed E-state index contributed by atoms with van der Waals surface area (Å²) < 4.78 is 17.2. The fraction of sp³-hybridized carbons (Fsp3) is 0.600. The number of aliphatic hydroxyl groups is 1.